The molecule has 0 bridgehead atoms. The number of fused-ring (bicyclic) bond motifs is 2. The van der Waals surface area contributed by atoms with Gasteiger partial charge in [-0.1, -0.05) is 6.07 Å². The molecule has 0 radical (unpaired) electrons. The van der Waals surface area contributed by atoms with Crippen LogP contribution in [0.4, 0.5) is 5.95 Å². The Balaban J connectivity index is 1.65. The molecule has 5 heteroatoms. The molecule has 0 unspecified atom stereocenters. The SMILES string of the molecule is O=C1NCc2cc(-c3nc(N4CCC4)nc4c3CCC4)ccc21. The molecule has 3 aliphatic rings. The van der Waals surface area contributed by atoms with Crippen LogP contribution in [0.5, 0.6) is 0 Å². The van der Waals surface area contributed by atoms with Gasteiger partial charge in [-0.2, -0.15) is 0 Å². The molecule has 1 saturated heterocycles. The standard InChI is InChI=1S/C18H18N4O/c23-17-13-6-5-11(9-12(13)10-19-17)16-14-3-1-4-15(14)20-18(21-16)22-7-2-8-22/h5-6,9H,1-4,7-8,10H2,(H,19,23). The summed E-state index contributed by atoms with van der Waals surface area (Å²) in [7, 11) is 0. The summed E-state index contributed by atoms with van der Waals surface area (Å²) in [6, 6.07) is 6.08. The van der Waals surface area contributed by atoms with E-state index in [1.54, 1.807) is 0 Å². The van der Waals surface area contributed by atoms with E-state index in [0.717, 1.165) is 60.7 Å². The van der Waals surface area contributed by atoms with E-state index < -0.39 is 0 Å². The first-order chi connectivity index (χ1) is 11.3. The quantitative estimate of drug-likeness (QED) is 0.923. The molecule has 2 aliphatic heterocycles. The number of carbonyl (C=O) groups excluding carboxylic acids is 1. The van der Waals surface area contributed by atoms with E-state index in [-0.39, 0.29) is 5.91 Å². The zero-order chi connectivity index (χ0) is 15.4. The van der Waals surface area contributed by atoms with Crippen molar-refractivity contribution in [2.75, 3.05) is 18.0 Å². The molecule has 116 valence electrons. The molecule has 0 saturated carbocycles. The van der Waals surface area contributed by atoms with Crippen LogP contribution in [-0.2, 0) is 19.4 Å². The van der Waals surface area contributed by atoms with E-state index in [1.165, 1.54) is 17.7 Å². The van der Waals surface area contributed by atoms with Gasteiger partial charge in [-0.15, -0.1) is 0 Å². The number of nitrogens with one attached hydrogen (secondary N) is 1. The molecule has 1 aromatic heterocycles. The highest BCUT2D eigenvalue weighted by Crippen LogP contribution is 2.34. The maximum absolute atomic E-state index is 11.7. The minimum atomic E-state index is 0.0285. The maximum atomic E-state index is 11.7. The second-order valence-electron chi connectivity index (χ2n) is 6.55. The van der Waals surface area contributed by atoms with Gasteiger partial charge in [0.1, 0.15) is 0 Å². The van der Waals surface area contributed by atoms with Crippen LogP contribution < -0.4 is 10.2 Å². The Kier molecular flexibility index (Phi) is 2.71. The summed E-state index contributed by atoms with van der Waals surface area (Å²) < 4.78 is 0. The maximum Gasteiger partial charge on any atom is 0.251 e. The number of amides is 1. The van der Waals surface area contributed by atoms with Crippen molar-refractivity contribution in [3.8, 4) is 11.3 Å². The van der Waals surface area contributed by atoms with Crippen LogP contribution in [0, 0.1) is 0 Å². The van der Waals surface area contributed by atoms with E-state index in [0.29, 0.717) is 6.54 Å². The van der Waals surface area contributed by atoms with Gasteiger partial charge in [0.25, 0.3) is 5.91 Å². The van der Waals surface area contributed by atoms with E-state index in [2.05, 4.69) is 16.3 Å². The van der Waals surface area contributed by atoms with Crippen LogP contribution in [0.2, 0.25) is 0 Å². The molecular formula is C18H18N4O. The van der Waals surface area contributed by atoms with Crippen LogP contribution in [0.25, 0.3) is 11.3 Å². The van der Waals surface area contributed by atoms with Gasteiger partial charge in [-0.3, -0.25) is 4.79 Å². The third kappa shape index (κ3) is 1.96. The molecule has 1 amide bonds. The smallest absolute Gasteiger partial charge is 0.251 e. The Hall–Kier alpha value is -2.43. The lowest BCUT2D eigenvalue weighted by atomic mass is 10.0. The van der Waals surface area contributed by atoms with Crippen LogP contribution in [0.15, 0.2) is 18.2 Å². The van der Waals surface area contributed by atoms with Crippen molar-refractivity contribution in [2.24, 2.45) is 0 Å². The van der Waals surface area contributed by atoms with Crippen molar-refractivity contribution in [1.29, 1.82) is 0 Å². The molecule has 1 N–H and O–H groups in total. The molecule has 5 rings (SSSR count). The minimum Gasteiger partial charge on any atom is -0.348 e. The van der Waals surface area contributed by atoms with Crippen molar-refractivity contribution in [3.63, 3.8) is 0 Å². The fourth-order valence-corrected chi connectivity index (χ4v) is 3.70. The number of nitrogens with zero attached hydrogens (tertiary/aromatic N) is 3. The van der Waals surface area contributed by atoms with Gasteiger partial charge in [0.2, 0.25) is 5.95 Å². The number of rotatable bonds is 2. The van der Waals surface area contributed by atoms with Gasteiger partial charge in [-0.05, 0) is 43.4 Å². The van der Waals surface area contributed by atoms with E-state index in [1.807, 2.05) is 12.1 Å². The van der Waals surface area contributed by atoms with Crippen molar-refractivity contribution in [1.82, 2.24) is 15.3 Å². The van der Waals surface area contributed by atoms with Crippen LogP contribution >= 0.6 is 0 Å². The van der Waals surface area contributed by atoms with Gasteiger partial charge >= 0.3 is 0 Å². The number of hydrogen-bond donors (Lipinski definition) is 1. The lowest BCUT2D eigenvalue weighted by molar-refractivity contribution is 0.0966. The summed E-state index contributed by atoms with van der Waals surface area (Å²) in [6.45, 7) is 2.73. The van der Waals surface area contributed by atoms with Gasteiger partial charge in [-0.25, -0.2) is 9.97 Å². The first-order valence-electron chi connectivity index (χ1n) is 8.36. The Morgan fingerprint density at radius 2 is 2.00 bits per heavy atom. The summed E-state index contributed by atoms with van der Waals surface area (Å²) in [5, 5.41) is 2.88. The van der Waals surface area contributed by atoms with Gasteiger partial charge in [0.05, 0.1) is 5.69 Å². The van der Waals surface area contributed by atoms with Gasteiger partial charge < -0.3 is 10.2 Å². The Labute approximate surface area is 134 Å². The normalized spacial score (nSPS) is 18.4. The second kappa shape index (κ2) is 4.78. The first-order valence-corrected chi connectivity index (χ1v) is 8.36. The molecule has 1 aromatic carbocycles. The average molecular weight is 306 g/mol. The van der Waals surface area contributed by atoms with E-state index in [4.69, 9.17) is 9.97 Å². The van der Waals surface area contributed by atoms with Crippen LogP contribution in [0.3, 0.4) is 0 Å². The fourth-order valence-electron chi connectivity index (χ4n) is 3.70. The largest absolute Gasteiger partial charge is 0.348 e. The van der Waals surface area contributed by atoms with Crippen molar-refractivity contribution < 1.29 is 4.79 Å². The molecule has 2 aromatic rings. The lowest BCUT2D eigenvalue weighted by Gasteiger charge is -2.31. The highest BCUT2D eigenvalue weighted by Gasteiger charge is 2.26. The number of aryl methyl sites for hydroxylation is 1. The molecule has 0 atom stereocenters. The highest BCUT2D eigenvalue weighted by molar-refractivity contribution is 5.98. The van der Waals surface area contributed by atoms with E-state index in [9.17, 15) is 4.79 Å². The predicted octanol–water partition coefficient (Wildman–Crippen LogP) is 2.09. The van der Waals surface area contributed by atoms with Crippen molar-refractivity contribution >= 4 is 11.9 Å². The Morgan fingerprint density at radius 3 is 2.83 bits per heavy atom. The molecule has 23 heavy (non-hydrogen) atoms. The Morgan fingerprint density at radius 1 is 1.09 bits per heavy atom. The summed E-state index contributed by atoms with van der Waals surface area (Å²) >= 11 is 0. The number of carbonyl (C=O) groups is 1. The summed E-state index contributed by atoms with van der Waals surface area (Å²) in [4.78, 5) is 23.7. The van der Waals surface area contributed by atoms with Crippen molar-refractivity contribution in [3.05, 3.63) is 40.6 Å². The Bertz CT molecular complexity index is 826. The molecule has 1 aliphatic carbocycles. The number of aromatic nitrogens is 2. The molecule has 0 spiro atoms. The van der Waals surface area contributed by atoms with E-state index >= 15 is 0 Å². The monoisotopic (exact) mass is 306 g/mol. The number of anilines is 1. The zero-order valence-electron chi connectivity index (χ0n) is 12.9. The third-order valence-corrected chi connectivity index (χ3v) is 5.12. The number of hydrogen-bond acceptors (Lipinski definition) is 4. The third-order valence-electron chi connectivity index (χ3n) is 5.12. The average Bonchev–Trinajstić information content (AvgIpc) is 3.11. The summed E-state index contributed by atoms with van der Waals surface area (Å²) in [5.41, 5.74) is 6.56. The van der Waals surface area contributed by atoms with Gasteiger partial charge in [0, 0.05) is 42.0 Å². The van der Waals surface area contributed by atoms with Crippen molar-refractivity contribution in [2.45, 2.75) is 32.2 Å². The van der Waals surface area contributed by atoms with Gasteiger partial charge in [0.15, 0.2) is 0 Å². The molecule has 1 fully saturated rings. The predicted molar refractivity (Wildman–Crippen MR) is 87.5 cm³/mol. The second-order valence-corrected chi connectivity index (χ2v) is 6.55. The fraction of sp³-hybridized carbons (Fsp3) is 0.389. The lowest BCUT2D eigenvalue weighted by Crippen LogP contribution is -2.38. The summed E-state index contributed by atoms with van der Waals surface area (Å²) in [5.74, 6) is 0.905. The molecule has 5 nitrogen and oxygen atoms in total. The topological polar surface area (TPSA) is 58.1 Å². The molecular weight excluding hydrogens is 288 g/mol. The highest BCUT2D eigenvalue weighted by atomic mass is 16.1. The minimum absolute atomic E-state index is 0.0285. The number of benzene rings is 1. The first kappa shape index (κ1) is 13.0. The van der Waals surface area contributed by atoms with Crippen LogP contribution in [-0.4, -0.2) is 29.0 Å². The zero-order valence-corrected chi connectivity index (χ0v) is 12.9. The van der Waals surface area contributed by atoms with Crippen LogP contribution in [0.1, 0.15) is 40.0 Å². The summed E-state index contributed by atoms with van der Waals surface area (Å²) in [6.07, 6.45) is 4.49. The molecule has 3 heterocycles.